The van der Waals surface area contributed by atoms with Crippen LogP contribution in [0.15, 0.2) is 53.5 Å². The van der Waals surface area contributed by atoms with Crippen LogP contribution in [0.3, 0.4) is 0 Å². The summed E-state index contributed by atoms with van der Waals surface area (Å²) in [6.45, 7) is 8.83. The molecule has 0 radical (unpaired) electrons. The predicted molar refractivity (Wildman–Crippen MR) is 123 cm³/mol. The zero-order chi connectivity index (χ0) is 21.5. The zero-order valence-electron chi connectivity index (χ0n) is 18.4. The van der Waals surface area contributed by atoms with Crippen molar-refractivity contribution in [3.63, 3.8) is 0 Å². The van der Waals surface area contributed by atoms with Gasteiger partial charge in [-0.05, 0) is 48.6 Å². The zero-order valence-corrected chi connectivity index (χ0v) is 18.4. The third kappa shape index (κ3) is 6.05. The lowest BCUT2D eigenvalue weighted by Crippen LogP contribution is -2.41. The number of hydrogen-bond acceptors (Lipinski definition) is 3. The standard InChI is InChI=1S/C25H33FN4O/c1-2-27-24(29-19-25(9-10-25)22-7-4-8-23(26)16-22)28-17-20-5-3-6-21(15-20)18-30-11-13-31-14-12-30/h3-8,15-16H,2,9-14,17-19H2,1H3,(H2,27,28,29). The van der Waals surface area contributed by atoms with Crippen molar-refractivity contribution in [1.29, 1.82) is 0 Å². The summed E-state index contributed by atoms with van der Waals surface area (Å²) in [7, 11) is 0. The van der Waals surface area contributed by atoms with Gasteiger partial charge in [-0.3, -0.25) is 4.90 Å². The largest absolute Gasteiger partial charge is 0.379 e. The first-order valence-electron chi connectivity index (χ1n) is 11.3. The molecule has 1 aliphatic heterocycles. The topological polar surface area (TPSA) is 48.9 Å². The molecule has 0 atom stereocenters. The number of benzene rings is 2. The number of halogens is 1. The number of hydrogen-bond donors (Lipinski definition) is 2. The maximum absolute atomic E-state index is 13.7. The summed E-state index contributed by atoms with van der Waals surface area (Å²) in [6, 6.07) is 15.7. The quantitative estimate of drug-likeness (QED) is 0.504. The Labute approximate surface area is 184 Å². The van der Waals surface area contributed by atoms with E-state index in [0.29, 0.717) is 6.54 Å². The summed E-state index contributed by atoms with van der Waals surface area (Å²) in [6.07, 6.45) is 2.15. The number of guanidine groups is 1. The molecule has 1 saturated carbocycles. The van der Waals surface area contributed by atoms with E-state index in [9.17, 15) is 4.39 Å². The third-order valence-corrected chi connectivity index (χ3v) is 6.15. The molecular weight excluding hydrogens is 391 g/mol. The molecule has 1 heterocycles. The van der Waals surface area contributed by atoms with Gasteiger partial charge in [0.15, 0.2) is 5.96 Å². The van der Waals surface area contributed by atoms with Crippen LogP contribution in [-0.2, 0) is 23.2 Å². The lowest BCUT2D eigenvalue weighted by Gasteiger charge is -2.26. The van der Waals surface area contributed by atoms with Crippen molar-refractivity contribution < 1.29 is 9.13 Å². The minimum absolute atomic E-state index is 0.0242. The first-order chi connectivity index (χ1) is 15.2. The Kier molecular flexibility index (Phi) is 7.20. The first-order valence-corrected chi connectivity index (χ1v) is 11.3. The van der Waals surface area contributed by atoms with Crippen LogP contribution in [0.25, 0.3) is 0 Å². The summed E-state index contributed by atoms with van der Waals surface area (Å²) in [5.74, 6) is 0.644. The van der Waals surface area contributed by atoms with Crippen LogP contribution in [0.5, 0.6) is 0 Å². The molecule has 2 aromatic carbocycles. The van der Waals surface area contributed by atoms with Gasteiger partial charge in [-0.2, -0.15) is 0 Å². The summed E-state index contributed by atoms with van der Waals surface area (Å²) in [5.41, 5.74) is 3.62. The normalized spacial score (nSPS) is 18.6. The highest BCUT2D eigenvalue weighted by Crippen LogP contribution is 2.47. The Morgan fingerprint density at radius 1 is 1.06 bits per heavy atom. The Morgan fingerprint density at radius 2 is 1.84 bits per heavy atom. The van der Waals surface area contributed by atoms with Gasteiger partial charge in [-0.15, -0.1) is 0 Å². The van der Waals surface area contributed by atoms with Crippen molar-refractivity contribution >= 4 is 5.96 Å². The molecule has 0 unspecified atom stereocenters. The number of nitrogens with zero attached hydrogens (tertiary/aromatic N) is 2. The van der Waals surface area contributed by atoms with E-state index in [1.165, 1.54) is 17.2 Å². The van der Waals surface area contributed by atoms with E-state index in [0.717, 1.165) is 70.3 Å². The SMILES string of the molecule is CCNC(=NCc1cccc(CN2CCOCC2)c1)NCC1(c2cccc(F)c2)CC1. The van der Waals surface area contributed by atoms with Crippen molar-refractivity contribution in [2.45, 2.75) is 38.3 Å². The van der Waals surface area contributed by atoms with E-state index in [4.69, 9.17) is 9.73 Å². The molecule has 1 aliphatic carbocycles. The second-order valence-electron chi connectivity index (χ2n) is 8.55. The van der Waals surface area contributed by atoms with Gasteiger partial charge in [0, 0.05) is 38.1 Å². The van der Waals surface area contributed by atoms with Gasteiger partial charge in [-0.1, -0.05) is 36.4 Å². The maximum Gasteiger partial charge on any atom is 0.191 e. The van der Waals surface area contributed by atoms with Gasteiger partial charge in [-0.25, -0.2) is 9.38 Å². The number of morpholine rings is 1. The number of nitrogens with one attached hydrogen (secondary N) is 2. The fourth-order valence-corrected chi connectivity index (χ4v) is 4.15. The van der Waals surface area contributed by atoms with Gasteiger partial charge in [0.1, 0.15) is 5.82 Å². The fourth-order valence-electron chi connectivity index (χ4n) is 4.15. The predicted octanol–water partition coefficient (Wildman–Crippen LogP) is 3.44. The number of ether oxygens (including phenoxy) is 1. The van der Waals surface area contributed by atoms with Gasteiger partial charge in [0.25, 0.3) is 0 Å². The van der Waals surface area contributed by atoms with E-state index in [-0.39, 0.29) is 11.2 Å². The highest BCUT2D eigenvalue weighted by atomic mass is 19.1. The molecule has 31 heavy (non-hydrogen) atoms. The summed E-state index contributed by atoms with van der Waals surface area (Å²) >= 11 is 0. The average Bonchev–Trinajstić information content (AvgIpc) is 3.58. The highest BCUT2D eigenvalue weighted by Gasteiger charge is 2.44. The number of aliphatic imine (C=N–C) groups is 1. The molecule has 6 heteroatoms. The van der Waals surface area contributed by atoms with E-state index in [1.807, 2.05) is 6.07 Å². The first kappa shape index (κ1) is 21.8. The Balaban J connectivity index is 1.36. The second-order valence-corrected chi connectivity index (χ2v) is 8.55. The molecule has 2 aromatic rings. The molecule has 4 rings (SSSR count). The van der Waals surface area contributed by atoms with Gasteiger partial charge < -0.3 is 15.4 Å². The van der Waals surface area contributed by atoms with Crippen LogP contribution in [-0.4, -0.2) is 50.3 Å². The molecule has 0 bridgehead atoms. The summed E-state index contributed by atoms with van der Waals surface area (Å²) < 4.78 is 19.1. The highest BCUT2D eigenvalue weighted by molar-refractivity contribution is 5.80. The molecule has 2 aliphatic rings. The van der Waals surface area contributed by atoms with Crippen LogP contribution >= 0.6 is 0 Å². The van der Waals surface area contributed by atoms with Crippen LogP contribution in [0.1, 0.15) is 36.5 Å². The van der Waals surface area contributed by atoms with Crippen LogP contribution in [0.2, 0.25) is 0 Å². The third-order valence-electron chi connectivity index (χ3n) is 6.15. The van der Waals surface area contributed by atoms with Crippen molar-refractivity contribution in [3.8, 4) is 0 Å². The second kappa shape index (κ2) is 10.2. The molecule has 0 amide bonds. The van der Waals surface area contributed by atoms with Gasteiger partial charge in [0.05, 0.1) is 19.8 Å². The smallest absolute Gasteiger partial charge is 0.191 e. The van der Waals surface area contributed by atoms with E-state index in [1.54, 1.807) is 12.1 Å². The van der Waals surface area contributed by atoms with Crippen molar-refractivity contribution in [1.82, 2.24) is 15.5 Å². The van der Waals surface area contributed by atoms with Gasteiger partial charge >= 0.3 is 0 Å². The molecule has 0 aromatic heterocycles. The molecule has 2 fully saturated rings. The average molecular weight is 425 g/mol. The molecular formula is C25H33FN4O. The molecule has 1 saturated heterocycles. The molecule has 166 valence electrons. The minimum atomic E-state index is -0.165. The van der Waals surface area contributed by atoms with Crippen molar-refractivity contribution in [3.05, 3.63) is 71.0 Å². The van der Waals surface area contributed by atoms with Crippen molar-refractivity contribution in [2.24, 2.45) is 4.99 Å². The lowest BCUT2D eigenvalue weighted by molar-refractivity contribution is 0.0342. The maximum atomic E-state index is 13.7. The van der Waals surface area contributed by atoms with Crippen LogP contribution < -0.4 is 10.6 Å². The van der Waals surface area contributed by atoms with Crippen molar-refractivity contribution in [2.75, 3.05) is 39.4 Å². The summed E-state index contributed by atoms with van der Waals surface area (Å²) in [5, 5.41) is 6.83. The molecule has 2 N–H and O–H groups in total. The van der Waals surface area contributed by atoms with E-state index >= 15 is 0 Å². The Morgan fingerprint density at radius 3 is 2.58 bits per heavy atom. The van der Waals surface area contributed by atoms with E-state index in [2.05, 4.69) is 46.7 Å². The minimum Gasteiger partial charge on any atom is -0.379 e. The van der Waals surface area contributed by atoms with Gasteiger partial charge in [0.2, 0.25) is 0 Å². The van der Waals surface area contributed by atoms with E-state index < -0.39 is 0 Å². The van der Waals surface area contributed by atoms with Crippen LogP contribution in [0.4, 0.5) is 4.39 Å². The monoisotopic (exact) mass is 424 g/mol. The molecule has 0 spiro atoms. The Hall–Kier alpha value is -2.44. The fraction of sp³-hybridized carbons (Fsp3) is 0.480. The lowest BCUT2D eigenvalue weighted by atomic mass is 9.96. The molecule has 5 nitrogen and oxygen atoms in total. The Bertz CT molecular complexity index is 891. The van der Waals surface area contributed by atoms with Crippen LogP contribution in [0, 0.1) is 5.82 Å². The number of rotatable bonds is 8. The summed E-state index contributed by atoms with van der Waals surface area (Å²) in [4.78, 5) is 7.23.